The Hall–Kier alpha value is -1.88. The first-order valence-corrected chi connectivity index (χ1v) is 7.32. The largest absolute Gasteiger partial charge is 0.352 e. The molecule has 5 heteroatoms. The molecule has 0 saturated heterocycles. The summed E-state index contributed by atoms with van der Waals surface area (Å²) >= 11 is 0. The van der Waals surface area contributed by atoms with Crippen LogP contribution in [0.15, 0.2) is 24.3 Å². The molecule has 0 aliphatic carbocycles. The number of hydrogen-bond donors (Lipinski definition) is 2. The first kappa shape index (κ1) is 15.5. The van der Waals surface area contributed by atoms with E-state index in [0.29, 0.717) is 6.54 Å². The van der Waals surface area contributed by atoms with E-state index in [2.05, 4.69) is 10.6 Å². The van der Waals surface area contributed by atoms with Gasteiger partial charge in [-0.2, -0.15) is 0 Å². The van der Waals surface area contributed by atoms with Gasteiger partial charge in [0.25, 0.3) is 0 Å². The number of carbonyl (C=O) groups is 2. The highest BCUT2D eigenvalue weighted by molar-refractivity contribution is 5.89. The molecule has 1 aromatic rings. The van der Waals surface area contributed by atoms with Gasteiger partial charge in [-0.05, 0) is 25.0 Å². The highest BCUT2D eigenvalue weighted by Crippen LogP contribution is 2.25. The molecule has 1 aliphatic rings. The van der Waals surface area contributed by atoms with Crippen LogP contribution >= 0.6 is 0 Å². The quantitative estimate of drug-likeness (QED) is 0.864. The number of amides is 2. The molecule has 21 heavy (non-hydrogen) atoms. The average Bonchev–Trinajstić information content (AvgIpc) is 2.44. The molecule has 2 amide bonds. The third-order valence-electron chi connectivity index (χ3n) is 3.60. The molecular formula is C16H23N3O2. The summed E-state index contributed by atoms with van der Waals surface area (Å²) in [6, 6.07) is 8.05. The number of nitrogens with one attached hydrogen (secondary N) is 2. The second-order valence-electron chi connectivity index (χ2n) is 5.80. The van der Waals surface area contributed by atoms with Crippen LogP contribution in [-0.2, 0) is 16.1 Å². The van der Waals surface area contributed by atoms with Crippen LogP contribution in [0.5, 0.6) is 0 Å². The van der Waals surface area contributed by atoms with Crippen LogP contribution in [0.2, 0.25) is 0 Å². The van der Waals surface area contributed by atoms with E-state index in [1.165, 1.54) is 4.90 Å². The lowest BCUT2D eigenvalue weighted by Gasteiger charge is -2.29. The van der Waals surface area contributed by atoms with Crippen molar-refractivity contribution in [2.75, 3.05) is 20.1 Å². The zero-order chi connectivity index (χ0) is 15.4. The summed E-state index contributed by atoms with van der Waals surface area (Å²) < 4.78 is 0. The van der Waals surface area contributed by atoms with Gasteiger partial charge in [0.2, 0.25) is 11.8 Å². The van der Waals surface area contributed by atoms with E-state index in [1.807, 2.05) is 38.1 Å². The van der Waals surface area contributed by atoms with Crippen LogP contribution in [-0.4, -0.2) is 42.9 Å². The molecule has 1 unspecified atom stereocenters. The summed E-state index contributed by atoms with van der Waals surface area (Å²) in [6.45, 7) is 5.31. The normalized spacial score (nSPS) is 17.2. The van der Waals surface area contributed by atoms with Crippen molar-refractivity contribution in [3.8, 4) is 0 Å². The average molecular weight is 289 g/mol. The topological polar surface area (TPSA) is 61.4 Å². The Labute approximate surface area is 125 Å². The van der Waals surface area contributed by atoms with Gasteiger partial charge in [0.15, 0.2) is 0 Å². The molecule has 114 valence electrons. The van der Waals surface area contributed by atoms with E-state index in [-0.39, 0.29) is 30.3 Å². The lowest BCUT2D eigenvalue weighted by molar-refractivity contribution is -0.136. The molecule has 0 spiro atoms. The number of carbonyl (C=O) groups excluding carboxylic acids is 2. The molecule has 5 nitrogen and oxygen atoms in total. The van der Waals surface area contributed by atoms with Crippen LogP contribution in [0.25, 0.3) is 0 Å². The van der Waals surface area contributed by atoms with Crippen molar-refractivity contribution in [2.24, 2.45) is 0 Å². The highest BCUT2D eigenvalue weighted by atomic mass is 16.2. The third-order valence-corrected chi connectivity index (χ3v) is 3.60. The van der Waals surface area contributed by atoms with E-state index in [9.17, 15) is 9.59 Å². The Morgan fingerprint density at radius 1 is 1.38 bits per heavy atom. The van der Waals surface area contributed by atoms with Crippen LogP contribution in [0.3, 0.4) is 0 Å². The van der Waals surface area contributed by atoms with E-state index < -0.39 is 0 Å². The van der Waals surface area contributed by atoms with Crippen molar-refractivity contribution in [1.82, 2.24) is 15.5 Å². The van der Waals surface area contributed by atoms with Crippen molar-refractivity contribution < 1.29 is 9.59 Å². The first-order chi connectivity index (χ1) is 9.99. The maximum Gasteiger partial charge on any atom is 0.239 e. The van der Waals surface area contributed by atoms with Gasteiger partial charge in [0.05, 0.1) is 12.5 Å². The second kappa shape index (κ2) is 6.72. The standard InChI is InChI=1S/C16H23N3O2/c1-11(2)18-15(20)10-19(3)16(21)14-9-17-8-12-6-4-5-7-13(12)14/h4-7,11,14,17H,8-10H2,1-3H3,(H,18,20). The van der Waals surface area contributed by atoms with Crippen LogP contribution in [0.1, 0.15) is 30.9 Å². The van der Waals surface area contributed by atoms with Crippen LogP contribution in [0.4, 0.5) is 0 Å². The molecule has 2 N–H and O–H groups in total. The fraction of sp³-hybridized carbons (Fsp3) is 0.500. The van der Waals surface area contributed by atoms with Gasteiger partial charge < -0.3 is 15.5 Å². The van der Waals surface area contributed by atoms with Crippen molar-refractivity contribution in [1.29, 1.82) is 0 Å². The van der Waals surface area contributed by atoms with E-state index >= 15 is 0 Å². The maximum atomic E-state index is 12.6. The van der Waals surface area contributed by atoms with Crippen LogP contribution in [0, 0.1) is 0 Å². The summed E-state index contributed by atoms with van der Waals surface area (Å²) in [6.07, 6.45) is 0. The number of likely N-dealkylation sites (N-methyl/N-ethyl adjacent to an activating group) is 1. The van der Waals surface area contributed by atoms with E-state index in [0.717, 1.165) is 17.7 Å². The Kier molecular flexibility index (Phi) is 4.96. The molecular weight excluding hydrogens is 266 g/mol. The first-order valence-electron chi connectivity index (χ1n) is 7.32. The molecule has 1 aliphatic heterocycles. The number of nitrogens with zero attached hydrogens (tertiary/aromatic N) is 1. The summed E-state index contributed by atoms with van der Waals surface area (Å²) in [5, 5.41) is 6.07. The second-order valence-corrected chi connectivity index (χ2v) is 5.80. The minimum absolute atomic E-state index is 0.0199. The van der Waals surface area contributed by atoms with Gasteiger partial charge >= 0.3 is 0 Å². The summed E-state index contributed by atoms with van der Waals surface area (Å²) in [7, 11) is 1.68. The monoisotopic (exact) mass is 289 g/mol. The van der Waals surface area contributed by atoms with Crippen LogP contribution < -0.4 is 10.6 Å². The summed E-state index contributed by atoms with van der Waals surface area (Å²) in [5.74, 6) is -0.363. The summed E-state index contributed by atoms with van der Waals surface area (Å²) in [4.78, 5) is 25.9. The summed E-state index contributed by atoms with van der Waals surface area (Å²) in [5.41, 5.74) is 2.22. The lowest BCUT2D eigenvalue weighted by atomic mass is 9.90. The fourth-order valence-electron chi connectivity index (χ4n) is 2.64. The fourth-order valence-corrected chi connectivity index (χ4v) is 2.64. The Bertz CT molecular complexity index is 528. The number of fused-ring (bicyclic) bond motifs is 1. The molecule has 1 heterocycles. The van der Waals surface area contributed by atoms with Gasteiger partial charge in [-0.15, -0.1) is 0 Å². The van der Waals surface area contributed by atoms with Gasteiger partial charge in [-0.25, -0.2) is 0 Å². The molecule has 2 rings (SSSR count). The molecule has 0 fully saturated rings. The molecule has 1 atom stereocenters. The van der Waals surface area contributed by atoms with Gasteiger partial charge in [0, 0.05) is 26.2 Å². The predicted octanol–water partition coefficient (Wildman–Crippen LogP) is 0.856. The number of hydrogen-bond acceptors (Lipinski definition) is 3. The van der Waals surface area contributed by atoms with Gasteiger partial charge in [-0.1, -0.05) is 24.3 Å². The van der Waals surface area contributed by atoms with Crippen molar-refractivity contribution in [3.63, 3.8) is 0 Å². The number of rotatable bonds is 4. The zero-order valence-electron chi connectivity index (χ0n) is 12.8. The predicted molar refractivity (Wildman–Crippen MR) is 81.8 cm³/mol. The number of benzene rings is 1. The van der Waals surface area contributed by atoms with Crippen molar-refractivity contribution in [3.05, 3.63) is 35.4 Å². The molecule has 0 aromatic heterocycles. The zero-order valence-corrected chi connectivity index (χ0v) is 12.8. The molecule has 0 bridgehead atoms. The maximum absolute atomic E-state index is 12.6. The molecule has 0 saturated carbocycles. The smallest absolute Gasteiger partial charge is 0.239 e. The third kappa shape index (κ3) is 3.82. The van der Waals surface area contributed by atoms with E-state index in [1.54, 1.807) is 7.05 Å². The minimum atomic E-state index is -0.216. The highest BCUT2D eigenvalue weighted by Gasteiger charge is 2.29. The van der Waals surface area contributed by atoms with Gasteiger partial charge in [0.1, 0.15) is 0 Å². The van der Waals surface area contributed by atoms with E-state index in [4.69, 9.17) is 0 Å². The molecule has 0 radical (unpaired) electrons. The Morgan fingerprint density at radius 2 is 2.10 bits per heavy atom. The van der Waals surface area contributed by atoms with Crippen molar-refractivity contribution in [2.45, 2.75) is 32.4 Å². The Morgan fingerprint density at radius 3 is 2.81 bits per heavy atom. The minimum Gasteiger partial charge on any atom is -0.352 e. The van der Waals surface area contributed by atoms with Crippen molar-refractivity contribution >= 4 is 11.8 Å². The lowest BCUT2D eigenvalue weighted by Crippen LogP contribution is -2.45. The van der Waals surface area contributed by atoms with Gasteiger partial charge in [-0.3, -0.25) is 9.59 Å². The Balaban J connectivity index is 2.05. The molecule has 1 aromatic carbocycles. The SMILES string of the molecule is CC(C)NC(=O)CN(C)C(=O)C1CNCc2ccccc21.